The Morgan fingerprint density at radius 3 is 2.46 bits per heavy atom. The highest BCUT2D eigenvalue weighted by Crippen LogP contribution is 2.35. The van der Waals surface area contributed by atoms with Crippen LogP contribution in [-0.2, 0) is 6.18 Å². The van der Waals surface area contributed by atoms with Crippen LogP contribution in [0.4, 0.5) is 13.2 Å². The molecule has 0 saturated heterocycles. The molecule has 1 aromatic rings. The van der Waals surface area contributed by atoms with E-state index in [1.807, 2.05) is 0 Å². The van der Waals surface area contributed by atoms with Gasteiger partial charge in [-0.1, -0.05) is 0 Å². The molecule has 0 bridgehead atoms. The SMILES string of the molecule is Cc1nc(Br)c(O)cc1C(F)(F)F. The Morgan fingerprint density at radius 2 is 2.00 bits per heavy atom. The molecule has 0 unspecified atom stereocenters. The lowest BCUT2D eigenvalue weighted by Crippen LogP contribution is -2.08. The van der Waals surface area contributed by atoms with Crippen LogP contribution in [0.3, 0.4) is 0 Å². The molecular weight excluding hydrogens is 251 g/mol. The number of aromatic hydroxyl groups is 1. The predicted octanol–water partition coefficient (Wildman–Crippen LogP) is 2.88. The van der Waals surface area contributed by atoms with Gasteiger partial charge < -0.3 is 5.11 Å². The van der Waals surface area contributed by atoms with Crippen LogP contribution in [0.25, 0.3) is 0 Å². The third kappa shape index (κ3) is 2.12. The predicted molar refractivity (Wildman–Crippen MR) is 43.3 cm³/mol. The van der Waals surface area contributed by atoms with Crippen molar-refractivity contribution < 1.29 is 18.3 Å². The number of alkyl halides is 3. The smallest absolute Gasteiger partial charge is 0.418 e. The molecule has 0 aromatic carbocycles. The Bertz CT molecular complexity index is 337. The summed E-state index contributed by atoms with van der Waals surface area (Å²) in [6, 6.07) is 0.645. The normalized spacial score (nSPS) is 11.8. The summed E-state index contributed by atoms with van der Waals surface area (Å²) in [7, 11) is 0. The molecule has 2 nitrogen and oxygen atoms in total. The lowest BCUT2D eigenvalue weighted by molar-refractivity contribution is -0.138. The summed E-state index contributed by atoms with van der Waals surface area (Å²) < 4.78 is 36.6. The number of hydrogen-bond acceptors (Lipinski definition) is 2. The molecule has 13 heavy (non-hydrogen) atoms. The molecule has 0 radical (unpaired) electrons. The van der Waals surface area contributed by atoms with Gasteiger partial charge in [0.25, 0.3) is 0 Å². The fourth-order valence-corrected chi connectivity index (χ4v) is 1.23. The lowest BCUT2D eigenvalue weighted by atomic mass is 10.2. The molecule has 0 saturated carbocycles. The van der Waals surface area contributed by atoms with Crippen LogP contribution in [-0.4, -0.2) is 10.1 Å². The van der Waals surface area contributed by atoms with Crippen LogP contribution < -0.4 is 0 Å². The van der Waals surface area contributed by atoms with Crippen molar-refractivity contribution in [2.45, 2.75) is 13.1 Å². The molecule has 0 atom stereocenters. The summed E-state index contributed by atoms with van der Waals surface area (Å²) in [5, 5.41) is 8.98. The molecule has 1 N–H and O–H groups in total. The van der Waals surface area contributed by atoms with E-state index in [0.717, 1.165) is 0 Å². The van der Waals surface area contributed by atoms with Crippen molar-refractivity contribution in [1.82, 2.24) is 4.98 Å². The van der Waals surface area contributed by atoms with Gasteiger partial charge in [-0.15, -0.1) is 0 Å². The summed E-state index contributed by atoms with van der Waals surface area (Å²) in [6.07, 6.45) is -4.48. The van der Waals surface area contributed by atoms with E-state index in [9.17, 15) is 13.2 Å². The van der Waals surface area contributed by atoms with Gasteiger partial charge in [-0.3, -0.25) is 0 Å². The van der Waals surface area contributed by atoms with E-state index >= 15 is 0 Å². The summed E-state index contributed by atoms with van der Waals surface area (Å²) >= 11 is 2.82. The number of hydrogen-bond donors (Lipinski definition) is 1. The highest BCUT2D eigenvalue weighted by Gasteiger charge is 2.33. The quantitative estimate of drug-likeness (QED) is 0.724. The molecule has 0 aliphatic heterocycles. The molecule has 0 spiro atoms. The molecule has 0 aliphatic rings. The monoisotopic (exact) mass is 255 g/mol. The van der Waals surface area contributed by atoms with Crippen molar-refractivity contribution in [2.75, 3.05) is 0 Å². The van der Waals surface area contributed by atoms with Crippen LogP contribution in [0.5, 0.6) is 5.75 Å². The standard InChI is InChI=1S/C7H5BrF3NO/c1-3-4(7(9,10)11)2-5(13)6(8)12-3/h2,13H,1H3. The zero-order chi connectivity index (χ0) is 10.2. The Balaban J connectivity index is 3.32. The van der Waals surface area contributed by atoms with Gasteiger partial charge in [-0.05, 0) is 28.9 Å². The van der Waals surface area contributed by atoms with Crippen molar-refractivity contribution >= 4 is 15.9 Å². The maximum atomic E-state index is 12.2. The number of aromatic nitrogens is 1. The molecule has 6 heteroatoms. The maximum absolute atomic E-state index is 12.2. The highest BCUT2D eigenvalue weighted by molar-refractivity contribution is 9.10. The first-order valence-electron chi connectivity index (χ1n) is 3.25. The average Bonchev–Trinajstić information content (AvgIpc) is 1.94. The summed E-state index contributed by atoms with van der Waals surface area (Å²) in [4.78, 5) is 3.49. The van der Waals surface area contributed by atoms with E-state index in [2.05, 4.69) is 20.9 Å². The lowest BCUT2D eigenvalue weighted by Gasteiger charge is -2.09. The fraction of sp³-hybridized carbons (Fsp3) is 0.286. The highest BCUT2D eigenvalue weighted by atomic mass is 79.9. The third-order valence-corrected chi connectivity index (χ3v) is 2.04. The van der Waals surface area contributed by atoms with Gasteiger partial charge in [0.1, 0.15) is 10.4 Å². The largest absolute Gasteiger partial charge is 0.505 e. The van der Waals surface area contributed by atoms with Crippen LogP contribution in [0, 0.1) is 6.92 Å². The summed E-state index contributed by atoms with van der Waals surface area (Å²) in [5.41, 5.74) is -1.09. The number of halogens is 4. The van der Waals surface area contributed by atoms with E-state index in [0.29, 0.717) is 6.07 Å². The maximum Gasteiger partial charge on any atom is 0.418 e. The zero-order valence-electron chi connectivity index (χ0n) is 6.48. The Morgan fingerprint density at radius 1 is 1.46 bits per heavy atom. The van der Waals surface area contributed by atoms with Crippen molar-refractivity contribution in [2.24, 2.45) is 0 Å². The van der Waals surface area contributed by atoms with Crippen LogP contribution in [0.1, 0.15) is 11.3 Å². The Labute approximate surface area is 80.5 Å². The van der Waals surface area contributed by atoms with Gasteiger partial charge in [0, 0.05) is 0 Å². The molecule has 0 fully saturated rings. The minimum atomic E-state index is -4.48. The zero-order valence-corrected chi connectivity index (χ0v) is 8.07. The molecule has 0 amide bonds. The third-order valence-electron chi connectivity index (χ3n) is 1.45. The first kappa shape index (κ1) is 10.3. The van der Waals surface area contributed by atoms with E-state index in [-0.39, 0.29) is 10.3 Å². The molecule has 1 aromatic heterocycles. The topological polar surface area (TPSA) is 33.1 Å². The summed E-state index contributed by atoms with van der Waals surface area (Å²) in [6.45, 7) is 1.23. The molecule has 0 aliphatic carbocycles. The molecule has 1 rings (SSSR count). The van der Waals surface area contributed by atoms with Gasteiger partial charge in [-0.25, -0.2) is 4.98 Å². The minimum absolute atomic E-state index is 0.0120. The van der Waals surface area contributed by atoms with Crippen LogP contribution in [0.15, 0.2) is 10.7 Å². The van der Waals surface area contributed by atoms with Crippen molar-refractivity contribution in [3.8, 4) is 5.75 Å². The molecule has 72 valence electrons. The molecule has 1 heterocycles. The second-order valence-corrected chi connectivity index (χ2v) is 3.18. The fourth-order valence-electron chi connectivity index (χ4n) is 0.852. The van der Waals surface area contributed by atoms with Crippen molar-refractivity contribution in [3.63, 3.8) is 0 Å². The Hall–Kier alpha value is -0.780. The number of aryl methyl sites for hydroxylation is 1. The van der Waals surface area contributed by atoms with Gasteiger partial charge in [-0.2, -0.15) is 13.2 Å². The minimum Gasteiger partial charge on any atom is -0.505 e. The van der Waals surface area contributed by atoms with E-state index < -0.39 is 17.5 Å². The Kier molecular flexibility index (Phi) is 2.51. The van der Waals surface area contributed by atoms with Crippen molar-refractivity contribution in [1.29, 1.82) is 0 Å². The number of rotatable bonds is 0. The van der Waals surface area contributed by atoms with Crippen molar-refractivity contribution in [3.05, 3.63) is 21.9 Å². The first-order valence-corrected chi connectivity index (χ1v) is 4.05. The second-order valence-electron chi connectivity index (χ2n) is 2.43. The first-order chi connectivity index (χ1) is 5.82. The van der Waals surface area contributed by atoms with E-state index in [4.69, 9.17) is 5.11 Å². The number of pyridine rings is 1. The summed E-state index contributed by atoms with van der Waals surface area (Å²) in [5.74, 6) is -0.516. The van der Waals surface area contributed by atoms with Crippen LogP contribution >= 0.6 is 15.9 Å². The van der Waals surface area contributed by atoms with Gasteiger partial charge in [0.05, 0.1) is 11.3 Å². The second kappa shape index (κ2) is 3.17. The average molecular weight is 256 g/mol. The van der Waals surface area contributed by atoms with E-state index in [1.165, 1.54) is 6.92 Å². The number of nitrogens with zero attached hydrogens (tertiary/aromatic N) is 1. The van der Waals surface area contributed by atoms with Gasteiger partial charge in [0.2, 0.25) is 0 Å². The van der Waals surface area contributed by atoms with Crippen LogP contribution in [0.2, 0.25) is 0 Å². The molecular formula is C7H5BrF3NO. The van der Waals surface area contributed by atoms with Gasteiger partial charge >= 0.3 is 6.18 Å². The van der Waals surface area contributed by atoms with E-state index in [1.54, 1.807) is 0 Å². The van der Waals surface area contributed by atoms with Gasteiger partial charge in [0.15, 0.2) is 0 Å².